The molecule has 0 amide bonds. The highest BCUT2D eigenvalue weighted by Gasteiger charge is 2.33. The summed E-state index contributed by atoms with van der Waals surface area (Å²) in [6.07, 6.45) is 4.75. The molecule has 123 heavy (non-hydrogen) atoms. The van der Waals surface area contributed by atoms with E-state index < -0.39 is 88.4 Å². The van der Waals surface area contributed by atoms with Crippen LogP contribution in [0.1, 0.15) is 99.8 Å². The van der Waals surface area contributed by atoms with Gasteiger partial charge in [0, 0.05) is 26.2 Å². The molecule has 10 rings (SSSR count). The van der Waals surface area contributed by atoms with E-state index in [9.17, 15) is 66.2 Å². The Kier molecular flexibility index (Phi) is 36.6. The van der Waals surface area contributed by atoms with Gasteiger partial charge in [0.05, 0.1) is 108 Å². The number of anilines is 4. The molecule has 0 aliphatic carbocycles. The number of fused-ring (bicyclic) bond motifs is 4. The zero-order valence-corrected chi connectivity index (χ0v) is 73.4. The number of nitrogens with one attached hydrogen (secondary N) is 10. The summed E-state index contributed by atoms with van der Waals surface area (Å²) in [6, 6.07) is 10.3. The number of ketones is 6. The second-order valence-corrected chi connectivity index (χ2v) is 37.1. The summed E-state index contributed by atoms with van der Waals surface area (Å²) in [4.78, 5) is 162. The van der Waals surface area contributed by atoms with Crippen LogP contribution in [0, 0.1) is 13.5 Å². The number of aromatic amines is 4. The van der Waals surface area contributed by atoms with Gasteiger partial charge in [-0.2, -0.15) is 19.9 Å². The molecule has 0 radical (unpaired) electrons. The van der Waals surface area contributed by atoms with E-state index in [0.29, 0.717) is 34.8 Å². The maximum absolute atomic E-state index is 13.3. The van der Waals surface area contributed by atoms with Crippen molar-refractivity contribution in [2.75, 3.05) is 74.8 Å². The maximum Gasteiger partial charge on any atom is 0.295 e. The van der Waals surface area contributed by atoms with Crippen LogP contribution in [0.5, 0.6) is 0 Å². The predicted molar refractivity (Wildman–Crippen MR) is 457 cm³/mol. The molecular weight excluding hydrogens is 1690 g/mol. The lowest BCUT2D eigenvalue weighted by molar-refractivity contribution is -0.119. The molecule has 0 saturated heterocycles. The van der Waals surface area contributed by atoms with Crippen molar-refractivity contribution < 1.29 is 75.0 Å². The van der Waals surface area contributed by atoms with E-state index in [0.717, 1.165) is 16.7 Å². The molecular formula is C72H103N27O20P4. The molecule has 18 N–H and O–H groups in total. The summed E-state index contributed by atoms with van der Waals surface area (Å²) in [7, 11) is -13.8. The van der Waals surface area contributed by atoms with Crippen molar-refractivity contribution in [2.45, 2.75) is 166 Å². The van der Waals surface area contributed by atoms with Crippen LogP contribution in [0.4, 0.5) is 29.5 Å². The van der Waals surface area contributed by atoms with Crippen LogP contribution in [0.15, 0.2) is 93.0 Å². The number of rotatable bonds is 44. The van der Waals surface area contributed by atoms with Crippen LogP contribution in [0.3, 0.4) is 0 Å². The lowest BCUT2D eigenvalue weighted by Gasteiger charge is -2.26. The van der Waals surface area contributed by atoms with E-state index >= 15 is 0 Å². The Morgan fingerprint density at radius 3 is 0.878 bits per heavy atom. The number of hydrogen-bond donors (Lipinski definition) is 14. The van der Waals surface area contributed by atoms with Crippen LogP contribution in [-0.2, 0) is 114 Å². The Hall–Kier alpha value is -11.0. The van der Waals surface area contributed by atoms with Gasteiger partial charge in [-0.15, -0.1) is 0 Å². The van der Waals surface area contributed by atoms with Gasteiger partial charge in [0.1, 0.15) is 60.1 Å². The van der Waals surface area contributed by atoms with Gasteiger partial charge in [-0.25, -0.2) is 55.3 Å². The normalized spacial score (nSPS) is 14.5. The summed E-state index contributed by atoms with van der Waals surface area (Å²) in [5, 5.41) is 16.5. The summed E-state index contributed by atoms with van der Waals surface area (Å²) >= 11 is 0. The number of hydrogen-bond acceptors (Lipinski definition) is 32. The average Bonchev–Trinajstić information content (AvgIpc) is 1.68. The quantitative estimate of drug-likeness (QED) is 0.0145. The van der Waals surface area contributed by atoms with Gasteiger partial charge in [0.2, 0.25) is 38.7 Å². The number of benzene rings is 2. The van der Waals surface area contributed by atoms with Crippen molar-refractivity contribution in [3.63, 3.8) is 0 Å². The molecule has 0 fully saturated rings. The van der Waals surface area contributed by atoms with Crippen molar-refractivity contribution in [3.8, 4) is 0 Å². The van der Waals surface area contributed by atoms with E-state index in [-0.39, 0.29) is 165 Å². The zero-order valence-electron chi connectivity index (χ0n) is 69.9. The van der Waals surface area contributed by atoms with E-state index in [1.54, 1.807) is 84.1 Å². The highest BCUT2D eigenvalue weighted by molar-refractivity contribution is 7.60. The molecule has 2 aromatic carbocycles. The van der Waals surface area contributed by atoms with Crippen LogP contribution in [0.25, 0.3) is 49.5 Å². The Balaban J connectivity index is 0.000000226. The van der Waals surface area contributed by atoms with Gasteiger partial charge in [-0.3, -0.25) is 86.1 Å². The van der Waals surface area contributed by atoms with Crippen molar-refractivity contribution >= 4 is 139 Å². The smallest absolute Gasteiger partial charge is 0.295 e. The van der Waals surface area contributed by atoms with Crippen molar-refractivity contribution in [3.05, 3.63) is 143 Å². The van der Waals surface area contributed by atoms with Crippen molar-refractivity contribution in [1.82, 2.24) is 109 Å². The van der Waals surface area contributed by atoms with Gasteiger partial charge in [-0.05, 0) is 101 Å². The van der Waals surface area contributed by atoms with E-state index in [2.05, 4.69) is 95.2 Å². The first-order valence-corrected chi connectivity index (χ1v) is 45.3. The topological polar surface area (TPSA) is 661 Å². The molecule has 9 atom stereocenters. The minimum Gasteiger partial charge on any atom is -0.369 e. The molecule has 10 aromatic rings. The zero-order chi connectivity index (χ0) is 90.8. The molecule has 8 aromatic heterocycles. The molecule has 8 heterocycles. The summed E-state index contributed by atoms with van der Waals surface area (Å²) < 4.78 is 93.0. The number of H-pyrrole nitrogens is 4. The third-order valence-electron chi connectivity index (χ3n) is 18.1. The fraction of sp³-hybridized carbons (Fsp3) is 0.458. The first-order chi connectivity index (χ1) is 57.9. The molecule has 0 aliphatic rings. The van der Waals surface area contributed by atoms with E-state index in [1.165, 1.54) is 66.9 Å². The number of ether oxygens (including phenoxy) is 4. The van der Waals surface area contributed by atoms with Crippen LogP contribution < -0.4 is 75.7 Å². The first-order valence-electron chi connectivity index (χ1n) is 37.9. The second-order valence-electron chi connectivity index (χ2n) is 28.3. The Morgan fingerprint density at radius 2 is 0.634 bits per heavy atom. The van der Waals surface area contributed by atoms with Gasteiger partial charge >= 0.3 is 0 Å². The molecule has 0 aliphatic heterocycles. The SMILES string of the molecule is CC(=O)[C@@H](C)NP(=O)(COCCn1cnc2c(=O)[nH]c(N)nc21)N[C@H](C)C(C)=O.CC(=O)[C@@H](C)NP(=O)(COCCn1cnc2c(=O)[nH]c(N)nc21)OCc1ccc(C)cc1.CC(=O)[C@H](C)NP(=O)(COCCn1cnc2c(=O)[nH]c(N)nc21)N[C@H](C)C(C)=O.[C-]#[N+]c1ccc(COP(=O)(COCCn2cnc3c(=O)[nH]c(N)nc32)N[C@H](C)C(C)=O)cc1. The fourth-order valence-electron chi connectivity index (χ4n) is 10.5. The molecule has 3 unspecified atom stereocenters. The number of aryl methyl sites for hydroxylation is 1. The minimum absolute atomic E-state index is 0.00861. The third-order valence-corrected chi connectivity index (χ3v) is 26.1. The number of Topliss-reactive ketones (excluding diaryl/α,β-unsaturated/α-hetero) is 6. The Labute approximate surface area is 703 Å². The number of nitrogens with zero attached hydrogens (tertiary/aromatic N) is 13. The van der Waals surface area contributed by atoms with E-state index in [4.69, 9.17) is 57.5 Å². The number of carbonyl (C=O) groups excluding carboxylic acids is 6. The molecule has 666 valence electrons. The highest BCUT2D eigenvalue weighted by atomic mass is 31.2. The van der Waals surface area contributed by atoms with Crippen LogP contribution in [0.2, 0.25) is 0 Å². The highest BCUT2D eigenvalue weighted by Crippen LogP contribution is 2.46. The number of carbonyl (C=O) groups is 6. The summed E-state index contributed by atoms with van der Waals surface area (Å²) in [5.74, 6) is -1.23. The fourth-order valence-corrected chi connectivity index (χ4v) is 18.4. The number of nitrogen functional groups attached to an aromatic ring is 4. The monoisotopic (exact) mass is 1790 g/mol. The maximum atomic E-state index is 13.3. The lowest BCUT2D eigenvalue weighted by atomic mass is 10.2. The number of aromatic nitrogens is 16. The van der Waals surface area contributed by atoms with Crippen molar-refractivity contribution in [1.29, 1.82) is 0 Å². The summed E-state index contributed by atoms with van der Waals surface area (Å²) in [6.45, 7) is 28.6. The van der Waals surface area contributed by atoms with Gasteiger partial charge in [0.15, 0.2) is 50.3 Å². The number of nitrogens with two attached hydrogens (primary N) is 4. The standard InChI is InChI=1S/C20H24N7O5P.C20H27N6O5P.2C16H26N7O5P/c1-13(14(2)28)26-33(30,32-10-15-4-6-16(22-3)7-5-15)12-31-9-8-27-11-23-17-18(27)24-20(21)25-19(17)29;1-13-4-6-16(7-5-13)10-31-32(29,25-14(2)15(3)27)12-30-9-8-26-11-22-17-18(26)23-20(21)24-19(17)28;2*1-9(11(3)24)21-29(27,22-10(2)12(4)25)8-28-6-5-23-7-18-13-14(23)19-16(17)20-15(13)26/h4-7,11,13H,8-10,12H2,1-2H3,(H,26,30)(H3,21,24,25,29);4-7,11,14H,8-10,12H2,1-3H3,(H,25,29)(H3,21,23,24,28);2*7,9-10H,5-6,8H2,1-4H3,(H2,21,22,27)(H3,17,19,20,26)/t13-,33?;14-,32?;9-,10+,29?;9-,10-/m11.1/s1. The van der Waals surface area contributed by atoms with Crippen molar-refractivity contribution in [2.24, 2.45) is 0 Å². The molecule has 0 bridgehead atoms. The third kappa shape index (κ3) is 30.2. The largest absolute Gasteiger partial charge is 0.369 e. The van der Waals surface area contributed by atoms with E-state index in [1.807, 2.05) is 31.2 Å². The molecule has 51 heteroatoms. The molecule has 0 spiro atoms. The summed E-state index contributed by atoms with van der Waals surface area (Å²) in [5.41, 5.74) is 25.6. The second kappa shape index (κ2) is 45.4. The Morgan fingerprint density at radius 1 is 0.398 bits per heavy atom. The van der Waals surface area contributed by atoms with Crippen LogP contribution >= 0.6 is 29.9 Å². The Bertz CT molecular complexity index is 5670. The van der Waals surface area contributed by atoms with Gasteiger partial charge < -0.3 is 69.2 Å². The van der Waals surface area contributed by atoms with Crippen LogP contribution in [-0.4, -0.2) is 201 Å². The predicted octanol–water partition coefficient (Wildman–Crippen LogP) is 4.17. The average molecular weight is 1790 g/mol. The number of imidazole rings is 4. The molecule has 0 saturated carbocycles. The first kappa shape index (κ1) is 99.1. The lowest BCUT2D eigenvalue weighted by Crippen LogP contribution is -2.40. The van der Waals surface area contributed by atoms with Gasteiger partial charge in [0.25, 0.3) is 37.3 Å². The molecule has 47 nitrogen and oxygen atoms in total. The minimum atomic E-state index is -3.55. The van der Waals surface area contributed by atoms with Gasteiger partial charge in [-0.1, -0.05) is 54.1 Å².